The molecule has 2 aromatic carbocycles. The van der Waals surface area contributed by atoms with Crippen molar-refractivity contribution in [3.05, 3.63) is 41.5 Å². The van der Waals surface area contributed by atoms with E-state index in [9.17, 15) is 18.6 Å². The Labute approximate surface area is 172 Å². The third-order valence-electron chi connectivity index (χ3n) is 5.23. The Bertz CT molecular complexity index is 965. The van der Waals surface area contributed by atoms with E-state index in [1.165, 1.54) is 10.4 Å². The van der Waals surface area contributed by atoms with Crippen molar-refractivity contribution in [3.63, 3.8) is 0 Å². The Hall–Kier alpha value is -2.09. The maximum absolute atomic E-state index is 13.5. The lowest BCUT2D eigenvalue weighted by molar-refractivity contribution is 0.0729. The SMILES string of the molecule is CCCCCc1cc(O)c(-c2cccc(C)c2)c(O)c1S(=O)(=O)N1CCOCC1. The maximum atomic E-state index is 13.5. The Balaban J connectivity index is 2.18. The molecule has 6 nitrogen and oxygen atoms in total. The molecule has 29 heavy (non-hydrogen) atoms. The lowest BCUT2D eigenvalue weighted by atomic mass is 9.97. The van der Waals surface area contributed by atoms with E-state index in [1.54, 1.807) is 6.07 Å². The van der Waals surface area contributed by atoms with E-state index in [1.807, 2.05) is 25.1 Å². The molecule has 0 saturated carbocycles. The molecule has 0 spiro atoms. The van der Waals surface area contributed by atoms with Crippen LogP contribution in [0.2, 0.25) is 0 Å². The number of aryl methyl sites for hydroxylation is 2. The van der Waals surface area contributed by atoms with Gasteiger partial charge in [0, 0.05) is 13.1 Å². The second kappa shape index (κ2) is 9.15. The van der Waals surface area contributed by atoms with Gasteiger partial charge < -0.3 is 14.9 Å². The molecule has 1 aliphatic heterocycles. The van der Waals surface area contributed by atoms with E-state index in [-0.39, 0.29) is 35.0 Å². The Morgan fingerprint density at radius 2 is 1.83 bits per heavy atom. The second-order valence-corrected chi connectivity index (χ2v) is 9.33. The Morgan fingerprint density at radius 1 is 1.10 bits per heavy atom. The number of benzene rings is 2. The van der Waals surface area contributed by atoms with E-state index in [4.69, 9.17) is 4.74 Å². The number of morpholine rings is 1. The van der Waals surface area contributed by atoms with Crippen LogP contribution in [0.3, 0.4) is 0 Å². The first-order valence-corrected chi connectivity index (χ1v) is 11.5. The Morgan fingerprint density at radius 3 is 2.48 bits per heavy atom. The van der Waals surface area contributed by atoms with Crippen LogP contribution in [0.15, 0.2) is 35.2 Å². The van der Waals surface area contributed by atoms with Crippen LogP contribution < -0.4 is 0 Å². The molecule has 0 unspecified atom stereocenters. The van der Waals surface area contributed by atoms with Gasteiger partial charge in [-0.25, -0.2) is 8.42 Å². The molecule has 1 heterocycles. The molecule has 2 N–H and O–H groups in total. The van der Waals surface area contributed by atoms with E-state index in [0.29, 0.717) is 30.8 Å². The van der Waals surface area contributed by atoms with Crippen molar-refractivity contribution in [3.8, 4) is 22.6 Å². The summed E-state index contributed by atoms with van der Waals surface area (Å²) < 4.78 is 33.5. The van der Waals surface area contributed by atoms with Crippen LogP contribution in [0, 0.1) is 6.92 Å². The van der Waals surface area contributed by atoms with Crippen molar-refractivity contribution >= 4 is 10.0 Å². The predicted octanol–water partition coefficient (Wildman–Crippen LogP) is 3.83. The van der Waals surface area contributed by atoms with Crippen LogP contribution in [0.1, 0.15) is 37.3 Å². The van der Waals surface area contributed by atoms with Crippen molar-refractivity contribution < 1.29 is 23.4 Å². The molecule has 0 aromatic heterocycles. The highest BCUT2D eigenvalue weighted by Gasteiger charge is 2.33. The minimum absolute atomic E-state index is 0.0928. The zero-order valence-corrected chi connectivity index (χ0v) is 17.8. The van der Waals surface area contributed by atoms with Gasteiger partial charge >= 0.3 is 0 Å². The third-order valence-corrected chi connectivity index (χ3v) is 7.25. The number of phenolic OH excluding ortho intramolecular Hbond substituents is 2. The average molecular weight is 420 g/mol. The summed E-state index contributed by atoms with van der Waals surface area (Å²) in [5, 5.41) is 21.8. The number of phenols is 2. The Kier molecular flexibility index (Phi) is 6.82. The first-order chi connectivity index (χ1) is 13.9. The number of unbranched alkanes of at least 4 members (excludes halogenated alkanes) is 2. The fourth-order valence-corrected chi connectivity index (χ4v) is 5.46. The fourth-order valence-electron chi connectivity index (χ4n) is 3.73. The van der Waals surface area contributed by atoms with E-state index >= 15 is 0 Å². The van der Waals surface area contributed by atoms with Crippen LogP contribution in [-0.4, -0.2) is 49.2 Å². The average Bonchev–Trinajstić information content (AvgIpc) is 2.68. The summed E-state index contributed by atoms with van der Waals surface area (Å²) in [4.78, 5) is -0.0928. The topological polar surface area (TPSA) is 87.1 Å². The number of hydrogen-bond acceptors (Lipinski definition) is 5. The van der Waals surface area contributed by atoms with E-state index in [0.717, 1.165) is 24.8 Å². The summed E-state index contributed by atoms with van der Waals surface area (Å²) in [5.41, 5.74) is 2.14. The monoisotopic (exact) mass is 419 g/mol. The highest BCUT2D eigenvalue weighted by atomic mass is 32.2. The van der Waals surface area contributed by atoms with Gasteiger partial charge in [-0.3, -0.25) is 0 Å². The maximum Gasteiger partial charge on any atom is 0.247 e. The number of hydrogen-bond donors (Lipinski definition) is 2. The molecule has 1 saturated heterocycles. The first-order valence-electron chi connectivity index (χ1n) is 10.1. The third kappa shape index (κ3) is 4.57. The van der Waals surface area contributed by atoms with Gasteiger partial charge in [0.1, 0.15) is 16.4 Å². The second-order valence-electron chi connectivity index (χ2n) is 7.45. The predicted molar refractivity (Wildman–Crippen MR) is 113 cm³/mol. The van der Waals surface area contributed by atoms with E-state index in [2.05, 4.69) is 6.92 Å². The standard InChI is InChI=1S/C22H29NO5S/c1-3-4-5-8-18-15-19(24)20(17-9-6-7-16(2)14-17)21(25)22(18)29(26,27)23-10-12-28-13-11-23/h6-7,9,14-15,24-25H,3-5,8,10-13H2,1-2H3. The number of nitrogens with zero attached hydrogens (tertiary/aromatic N) is 1. The summed E-state index contributed by atoms with van der Waals surface area (Å²) in [7, 11) is -3.93. The summed E-state index contributed by atoms with van der Waals surface area (Å²) >= 11 is 0. The molecule has 1 fully saturated rings. The van der Waals surface area contributed by atoms with Crippen molar-refractivity contribution in [2.24, 2.45) is 0 Å². The zero-order chi connectivity index (χ0) is 21.0. The minimum Gasteiger partial charge on any atom is -0.507 e. The van der Waals surface area contributed by atoms with Gasteiger partial charge in [-0.2, -0.15) is 4.31 Å². The quantitative estimate of drug-likeness (QED) is 0.666. The largest absolute Gasteiger partial charge is 0.507 e. The number of aromatic hydroxyl groups is 2. The molecule has 0 atom stereocenters. The van der Waals surface area contributed by atoms with Gasteiger partial charge in [-0.1, -0.05) is 49.6 Å². The first kappa shape index (κ1) is 21.6. The highest BCUT2D eigenvalue weighted by Crippen LogP contribution is 2.45. The zero-order valence-electron chi connectivity index (χ0n) is 17.0. The summed E-state index contributed by atoms with van der Waals surface area (Å²) in [6.45, 7) is 5.12. The molecular weight excluding hydrogens is 390 g/mol. The van der Waals surface area contributed by atoms with Gasteiger partial charge in [0.2, 0.25) is 10.0 Å². The van der Waals surface area contributed by atoms with Crippen LogP contribution in [0.25, 0.3) is 11.1 Å². The molecule has 158 valence electrons. The molecule has 7 heteroatoms. The lowest BCUT2D eigenvalue weighted by Gasteiger charge is -2.28. The summed E-state index contributed by atoms with van der Waals surface area (Å²) in [6.07, 6.45) is 3.19. The van der Waals surface area contributed by atoms with Crippen LogP contribution >= 0.6 is 0 Å². The van der Waals surface area contributed by atoms with Crippen LogP contribution in [0.5, 0.6) is 11.5 Å². The normalized spacial score (nSPS) is 15.5. The molecule has 1 aliphatic rings. The highest BCUT2D eigenvalue weighted by molar-refractivity contribution is 7.89. The van der Waals surface area contributed by atoms with Crippen LogP contribution in [-0.2, 0) is 21.2 Å². The summed E-state index contributed by atoms with van der Waals surface area (Å²) in [6, 6.07) is 8.79. The van der Waals surface area contributed by atoms with Gasteiger partial charge in [0.25, 0.3) is 0 Å². The van der Waals surface area contributed by atoms with Gasteiger partial charge in [0.15, 0.2) is 0 Å². The molecule has 0 bridgehead atoms. The number of rotatable bonds is 7. The van der Waals surface area contributed by atoms with Crippen molar-refractivity contribution in [1.29, 1.82) is 0 Å². The van der Waals surface area contributed by atoms with Gasteiger partial charge in [-0.15, -0.1) is 0 Å². The molecule has 0 radical (unpaired) electrons. The number of sulfonamides is 1. The van der Waals surface area contributed by atoms with Crippen molar-refractivity contribution in [1.82, 2.24) is 4.31 Å². The fraction of sp³-hybridized carbons (Fsp3) is 0.455. The van der Waals surface area contributed by atoms with Gasteiger partial charge in [-0.05, 0) is 37.0 Å². The minimum atomic E-state index is -3.93. The van der Waals surface area contributed by atoms with Crippen molar-refractivity contribution in [2.45, 2.75) is 44.4 Å². The smallest absolute Gasteiger partial charge is 0.247 e. The molecule has 0 amide bonds. The molecule has 0 aliphatic carbocycles. The molecule has 3 rings (SSSR count). The van der Waals surface area contributed by atoms with Crippen LogP contribution in [0.4, 0.5) is 0 Å². The molecular formula is C22H29NO5S. The van der Waals surface area contributed by atoms with Crippen molar-refractivity contribution in [2.75, 3.05) is 26.3 Å². The molecule has 2 aromatic rings. The summed E-state index contributed by atoms with van der Waals surface area (Å²) in [5.74, 6) is -0.492. The van der Waals surface area contributed by atoms with E-state index < -0.39 is 10.0 Å². The van der Waals surface area contributed by atoms with Gasteiger partial charge in [0.05, 0.1) is 18.8 Å². The number of ether oxygens (including phenoxy) is 1. The lowest BCUT2D eigenvalue weighted by Crippen LogP contribution is -2.41.